The molecule has 0 atom stereocenters. The second kappa shape index (κ2) is 9.20. The number of ether oxygens (including phenoxy) is 1. The first-order valence-corrected chi connectivity index (χ1v) is 10.4. The number of ketones is 1. The molecule has 1 heterocycles. The van der Waals surface area contributed by atoms with Crippen LogP contribution in [0, 0.1) is 11.3 Å². The van der Waals surface area contributed by atoms with Gasteiger partial charge < -0.3 is 9.64 Å². The summed E-state index contributed by atoms with van der Waals surface area (Å²) in [6.07, 6.45) is 0. The molecular weight excluding hydrogens is 416 g/mol. The van der Waals surface area contributed by atoms with E-state index in [1.807, 2.05) is 36.4 Å². The fourth-order valence-electron chi connectivity index (χ4n) is 2.51. The molecule has 5 nitrogen and oxygen atoms in total. The lowest BCUT2D eigenvalue weighted by Crippen LogP contribution is -2.20. The van der Waals surface area contributed by atoms with Crippen molar-refractivity contribution < 1.29 is 14.3 Å². The Morgan fingerprint density at radius 3 is 2.64 bits per heavy atom. The van der Waals surface area contributed by atoms with Gasteiger partial charge in [-0.25, -0.2) is 0 Å². The van der Waals surface area contributed by atoms with Gasteiger partial charge in [-0.3, -0.25) is 9.59 Å². The predicted molar refractivity (Wildman–Crippen MR) is 111 cm³/mol. The van der Waals surface area contributed by atoms with E-state index in [0.29, 0.717) is 10.1 Å². The molecule has 142 valence electrons. The Kier molecular flexibility index (Phi) is 6.68. The van der Waals surface area contributed by atoms with E-state index in [1.54, 1.807) is 30.1 Å². The Balaban J connectivity index is 1.60. The Labute approximate surface area is 176 Å². The maximum Gasteiger partial charge on any atom is 0.316 e. The molecule has 0 bridgehead atoms. The summed E-state index contributed by atoms with van der Waals surface area (Å²) in [4.78, 5) is 27.9. The average molecular weight is 431 g/mol. The lowest BCUT2D eigenvalue weighted by molar-refractivity contribution is -0.144. The van der Waals surface area contributed by atoms with E-state index in [1.165, 1.54) is 23.5 Å². The molecule has 0 fully saturated rings. The average Bonchev–Trinajstić information content (AvgIpc) is 3.03. The molecule has 0 aliphatic carbocycles. The van der Waals surface area contributed by atoms with Gasteiger partial charge >= 0.3 is 5.97 Å². The molecule has 8 heteroatoms. The minimum absolute atomic E-state index is 0.0183. The number of benzene rings is 2. The first kappa shape index (κ1) is 20.3. The molecule has 1 aliphatic heterocycles. The summed E-state index contributed by atoms with van der Waals surface area (Å²) < 4.78 is 5.05. The second-order valence-electron chi connectivity index (χ2n) is 5.72. The van der Waals surface area contributed by atoms with E-state index < -0.39 is 18.4 Å². The molecule has 0 saturated heterocycles. The Bertz CT molecular complexity index is 1000. The lowest BCUT2D eigenvalue weighted by atomic mass is 10.2. The SMILES string of the molecule is CN1/C(=C(/C#N)C(=O)COC(=O)CSc2ccccc2Cl)Sc2ccccc21. The summed E-state index contributed by atoms with van der Waals surface area (Å²) >= 11 is 8.63. The van der Waals surface area contributed by atoms with E-state index in [4.69, 9.17) is 16.3 Å². The van der Waals surface area contributed by atoms with Gasteiger partial charge in [0, 0.05) is 16.8 Å². The van der Waals surface area contributed by atoms with Crippen molar-refractivity contribution in [3.05, 3.63) is 64.2 Å². The molecular formula is C20H15ClN2O3S2. The van der Waals surface area contributed by atoms with Crippen LogP contribution >= 0.6 is 35.1 Å². The topological polar surface area (TPSA) is 70.4 Å². The minimum atomic E-state index is -0.545. The number of carbonyl (C=O) groups is 2. The Hall–Kier alpha value is -2.40. The molecule has 28 heavy (non-hydrogen) atoms. The summed E-state index contributed by atoms with van der Waals surface area (Å²) in [7, 11) is 1.80. The number of hydrogen-bond donors (Lipinski definition) is 0. The number of Topliss-reactive ketones (excluding diaryl/α,β-unsaturated/α-hetero) is 1. The number of anilines is 1. The number of thioether (sulfide) groups is 2. The number of hydrogen-bond acceptors (Lipinski definition) is 7. The number of nitrogens with zero attached hydrogens (tertiary/aromatic N) is 2. The maximum atomic E-state index is 12.5. The van der Waals surface area contributed by atoms with Gasteiger partial charge in [-0.15, -0.1) is 11.8 Å². The number of para-hydroxylation sites is 1. The van der Waals surface area contributed by atoms with E-state index >= 15 is 0 Å². The highest BCUT2D eigenvalue weighted by atomic mass is 35.5. The van der Waals surface area contributed by atoms with Crippen molar-refractivity contribution in [1.29, 1.82) is 5.26 Å². The van der Waals surface area contributed by atoms with Crippen LogP contribution in [0.4, 0.5) is 5.69 Å². The highest BCUT2D eigenvalue weighted by Crippen LogP contribution is 2.46. The van der Waals surface area contributed by atoms with E-state index in [-0.39, 0.29) is 11.3 Å². The normalized spacial score (nSPS) is 14.2. The van der Waals surface area contributed by atoms with Crippen molar-refractivity contribution in [3.63, 3.8) is 0 Å². The molecule has 0 saturated carbocycles. The van der Waals surface area contributed by atoms with Crippen LogP contribution in [0.15, 0.2) is 68.9 Å². The zero-order valence-electron chi connectivity index (χ0n) is 14.8. The number of carbonyl (C=O) groups excluding carboxylic acids is 2. The van der Waals surface area contributed by atoms with Crippen LogP contribution in [-0.2, 0) is 14.3 Å². The number of halogens is 1. The van der Waals surface area contributed by atoms with Gasteiger partial charge in [-0.1, -0.05) is 47.6 Å². The number of esters is 1. The molecule has 0 spiro atoms. The Morgan fingerprint density at radius 2 is 1.93 bits per heavy atom. The van der Waals surface area contributed by atoms with Crippen LogP contribution in [0.25, 0.3) is 0 Å². The van der Waals surface area contributed by atoms with E-state index in [9.17, 15) is 14.9 Å². The van der Waals surface area contributed by atoms with Gasteiger partial charge in [0.25, 0.3) is 0 Å². The summed E-state index contributed by atoms with van der Waals surface area (Å²) in [5.74, 6) is -1.05. The molecule has 2 aromatic carbocycles. The van der Waals surface area contributed by atoms with Gasteiger partial charge in [-0.05, 0) is 24.3 Å². The van der Waals surface area contributed by atoms with Crippen LogP contribution < -0.4 is 4.90 Å². The molecule has 0 unspecified atom stereocenters. The molecule has 0 radical (unpaired) electrons. The summed E-state index contributed by atoms with van der Waals surface area (Å²) in [6.45, 7) is -0.473. The molecule has 0 amide bonds. The maximum absolute atomic E-state index is 12.5. The molecule has 0 N–H and O–H groups in total. The highest BCUT2D eigenvalue weighted by molar-refractivity contribution is 8.03. The van der Waals surface area contributed by atoms with Gasteiger partial charge in [0.1, 0.15) is 16.7 Å². The third-order valence-corrected chi connectivity index (χ3v) is 6.61. The second-order valence-corrected chi connectivity index (χ2v) is 8.18. The van der Waals surface area contributed by atoms with Crippen LogP contribution in [-0.4, -0.2) is 31.2 Å². The van der Waals surface area contributed by atoms with Crippen molar-refractivity contribution in [3.8, 4) is 6.07 Å². The lowest BCUT2D eigenvalue weighted by Gasteiger charge is -2.14. The van der Waals surface area contributed by atoms with E-state index in [2.05, 4.69) is 0 Å². The van der Waals surface area contributed by atoms with Gasteiger partial charge in [0.05, 0.1) is 16.5 Å². The zero-order chi connectivity index (χ0) is 20.1. The van der Waals surface area contributed by atoms with Crippen molar-refractivity contribution in [2.75, 3.05) is 24.3 Å². The quantitative estimate of drug-likeness (QED) is 0.288. The van der Waals surface area contributed by atoms with Gasteiger partial charge in [-0.2, -0.15) is 5.26 Å². The number of nitriles is 1. The van der Waals surface area contributed by atoms with Crippen molar-refractivity contribution in [2.45, 2.75) is 9.79 Å². The largest absolute Gasteiger partial charge is 0.457 e. The smallest absolute Gasteiger partial charge is 0.316 e. The monoisotopic (exact) mass is 430 g/mol. The predicted octanol–water partition coefficient (Wildman–Crippen LogP) is 4.52. The van der Waals surface area contributed by atoms with Crippen LogP contribution in [0.1, 0.15) is 0 Å². The highest BCUT2D eigenvalue weighted by Gasteiger charge is 2.28. The number of rotatable bonds is 6. The summed E-state index contributed by atoms with van der Waals surface area (Å²) in [5.41, 5.74) is 0.909. The minimum Gasteiger partial charge on any atom is -0.457 e. The fourth-order valence-corrected chi connectivity index (χ4v) is 4.71. The molecule has 0 aromatic heterocycles. The van der Waals surface area contributed by atoms with Gasteiger partial charge in [0.2, 0.25) is 5.78 Å². The third-order valence-electron chi connectivity index (χ3n) is 3.89. The van der Waals surface area contributed by atoms with Gasteiger partial charge in [0.15, 0.2) is 6.61 Å². The van der Waals surface area contributed by atoms with Crippen LogP contribution in [0.3, 0.4) is 0 Å². The standard InChI is InChI=1S/C20H15ClN2O3S2/c1-23-15-7-3-5-9-18(15)28-20(23)13(10-22)16(24)11-26-19(25)12-27-17-8-4-2-6-14(17)21/h2-9H,11-12H2,1H3/b20-13+. The zero-order valence-corrected chi connectivity index (χ0v) is 17.2. The summed E-state index contributed by atoms with van der Waals surface area (Å²) in [6, 6.07) is 16.7. The Morgan fingerprint density at radius 1 is 1.21 bits per heavy atom. The molecule has 3 rings (SSSR count). The molecule has 1 aliphatic rings. The van der Waals surface area contributed by atoms with Crippen molar-refractivity contribution in [1.82, 2.24) is 0 Å². The molecule has 2 aromatic rings. The third kappa shape index (κ3) is 4.53. The van der Waals surface area contributed by atoms with Crippen LogP contribution in [0.5, 0.6) is 0 Å². The first-order valence-electron chi connectivity index (χ1n) is 8.22. The van der Waals surface area contributed by atoms with E-state index in [0.717, 1.165) is 15.5 Å². The van der Waals surface area contributed by atoms with Crippen LogP contribution in [0.2, 0.25) is 5.02 Å². The van der Waals surface area contributed by atoms with Crippen molar-refractivity contribution >= 4 is 52.6 Å². The first-order chi connectivity index (χ1) is 13.5. The fraction of sp³-hybridized carbons (Fsp3) is 0.150. The summed E-state index contributed by atoms with van der Waals surface area (Å²) in [5, 5.41) is 10.6. The van der Waals surface area contributed by atoms with Crippen molar-refractivity contribution in [2.24, 2.45) is 0 Å². The number of fused-ring (bicyclic) bond motifs is 1.